The van der Waals surface area contributed by atoms with Crippen LogP contribution in [0.1, 0.15) is 58.3 Å². The predicted molar refractivity (Wildman–Crippen MR) is 94.2 cm³/mol. The van der Waals surface area contributed by atoms with Gasteiger partial charge in [-0.25, -0.2) is 0 Å². The Balaban J connectivity index is 2.31. The fourth-order valence-electron chi connectivity index (χ4n) is 2.58. The summed E-state index contributed by atoms with van der Waals surface area (Å²) in [7, 11) is 0. The first-order valence-corrected chi connectivity index (χ1v) is 8.60. The van der Waals surface area contributed by atoms with E-state index in [1.807, 2.05) is 30.4 Å². The van der Waals surface area contributed by atoms with E-state index in [2.05, 4.69) is 13.0 Å². The van der Waals surface area contributed by atoms with E-state index in [9.17, 15) is 9.59 Å². The standard InChI is InChI=1S/C20H28O3/c1-2-3-9-13-18-17(15-16-19(18)21)12-10-7-5-4-6-8-11-14-20(22)23/h4,6-7,10,12,15-16,18H,2-3,5,8-9,11,13-14H2,1H3,(H,22,23)/b6-4-,10-7+,17-12-. The zero-order valence-corrected chi connectivity index (χ0v) is 14.0. The summed E-state index contributed by atoms with van der Waals surface area (Å²) in [5.74, 6) is -0.450. The summed E-state index contributed by atoms with van der Waals surface area (Å²) in [5, 5.41) is 8.53. The van der Waals surface area contributed by atoms with Crippen molar-refractivity contribution in [2.24, 2.45) is 5.92 Å². The molecular formula is C20H28O3. The fraction of sp³-hybridized carbons (Fsp3) is 0.500. The van der Waals surface area contributed by atoms with Gasteiger partial charge in [-0.2, -0.15) is 0 Å². The molecule has 1 aliphatic rings. The first kappa shape index (κ1) is 19.1. The van der Waals surface area contributed by atoms with E-state index >= 15 is 0 Å². The Morgan fingerprint density at radius 2 is 2.00 bits per heavy atom. The van der Waals surface area contributed by atoms with Crippen molar-refractivity contribution in [1.82, 2.24) is 0 Å². The Hall–Kier alpha value is -1.90. The van der Waals surface area contributed by atoms with Gasteiger partial charge in [0.1, 0.15) is 0 Å². The van der Waals surface area contributed by atoms with Crippen LogP contribution in [0.4, 0.5) is 0 Å². The summed E-state index contributed by atoms with van der Waals surface area (Å²) in [6.45, 7) is 2.17. The van der Waals surface area contributed by atoms with Crippen molar-refractivity contribution in [3.63, 3.8) is 0 Å². The van der Waals surface area contributed by atoms with Crippen LogP contribution in [0, 0.1) is 5.92 Å². The zero-order valence-electron chi connectivity index (χ0n) is 14.0. The van der Waals surface area contributed by atoms with Gasteiger partial charge in [0, 0.05) is 12.3 Å². The third-order valence-electron chi connectivity index (χ3n) is 3.91. The molecule has 0 saturated heterocycles. The predicted octanol–water partition coefficient (Wildman–Crippen LogP) is 5.01. The molecule has 23 heavy (non-hydrogen) atoms. The number of hydrogen-bond acceptors (Lipinski definition) is 2. The average Bonchev–Trinajstić information content (AvgIpc) is 2.86. The lowest BCUT2D eigenvalue weighted by Gasteiger charge is -2.09. The number of allylic oxidation sites excluding steroid dienone is 8. The van der Waals surface area contributed by atoms with Crippen molar-refractivity contribution < 1.29 is 14.7 Å². The average molecular weight is 316 g/mol. The topological polar surface area (TPSA) is 54.4 Å². The van der Waals surface area contributed by atoms with Gasteiger partial charge in [-0.3, -0.25) is 9.59 Å². The van der Waals surface area contributed by atoms with Crippen LogP contribution in [-0.2, 0) is 9.59 Å². The highest BCUT2D eigenvalue weighted by atomic mass is 16.4. The van der Waals surface area contributed by atoms with Crippen molar-refractivity contribution in [3.05, 3.63) is 48.1 Å². The Kier molecular flexibility index (Phi) is 9.69. The van der Waals surface area contributed by atoms with Crippen molar-refractivity contribution in [2.45, 2.75) is 58.3 Å². The van der Waals surface area contributed by atoms with E-state index in [1.54, 1.807) is 6.08 Å². The molecule has 0 spiro atoms. The van der Waals surface area contributed by atoms with Crippen molar-refractivity contribution >= 4 is 11.8 Å². The fourth-order valence-corrected chi connectivity index (χ4v) is 2.58. The van der Waals surface area contributed by atoms with E-state index in [4.69, 9.17) is 5.11 Å². The lowest BCUT2D eigenvalue weighted by molar-refractivity contribution is -0.137. The zero-order chi connectivity index (χ0) is 16.9. The Morgan fingerprint density at radius 1 is 1.17 bits per heavy atom. The monoisotopic (exact) mass is 316 g/mol. The minimum atomic E-state index is -0.738. The molecule has 0 heterocycles. The quantitative estimate of drug-likeness (QED) is 0.431. The molecule has 0 fully saturated rings. The van der Waals surface area contributed by atoms with Crippen LogP contribution in [0.2, 0.25) is 0 Å². The second kappa shape index (κ2) is 11.6. The number of carboxylic acid groups (broad SMARTS) is 1. The van der Waals surface area contributed by atoms with Gasteiger partial charge in [0.25, 0.3) is 0 Å². The van der Waals surface area contributed by atoms with Gasteiger partial charge in [0.15, 0.2) is 5.78 Å². The highest BCUT2D eigenvalue weighted by Crippen LogP contribution is 2.26. The third kappa shape index (κ3) is 8.34. The Labute approximate surface area is 139 Å². The summed E-state index contributed by atoms with van der Waals surface area (Å²) >= 11 is 0. The van der Waals surface area contributed by atoms with Gasteiger partial charge < -0.3 is 5.11 Å². The molecule has 3 nitrogen and oxygen atoms in total. The number of carboxylic acids is 1. The SMILES string of the molecule is CCCCCC1C(=O)C=C/C1=C/C=C/C/C=C\CCCC(=O)O. The number of ketones is 1. The van der Waals surface area contributed by atoms with Gasteiger partial charge in [-0.15, -0.1) is 0 Å². The number of aliphatic carboxylic acids is 1. The van der Waals surface area contributed by atoms with Crippen molar-refractivity contribution in [2.75, 3.05) is 0 Å². The Bertz CT molecular complexity index is 495. The first-order chi connectivity index (χ1) is 11.1. The lowest BCUT2D eigenvalue weighted by atomic mass is 9.94. The molecule has 0 radical (unpaired) electrons. The van der Waals surface area contributed by atoms with Gasteiger partial charge in [-0.05, 0) is 37.3 Å². The van der Waals surface area contributed by atoms with E-state index in [-0.39, 0.29) is 18.1 Å². The van der Waals surface area contributed by atoms with Crippen molar-refractivity contribution in [1.29, 1.82) is 0 Å². The number of unbranched alkanes of at least 4 members (excludes halogenated alkanes) is 3. The highest BCUT2D eigenvalue weighted by molar-refractivity contribution is 5.98. The molecular weight excluding hydrogens is 288 g/mol. The molecule has 0 saturated carbocycles. The molecule has 1 atom stereocenters. The molecule has 3 heteroatoms. The van der Waals surface area contributed by atoms with Gasteiger partial charge in [0.05, 0.1) is 0 Å². The second-order valence-electron chi connectivity index (χ2n) is 5.87. The molecule has 1 N–H and O–H groups in total. The first-order valence-electron chi connectivity index (χ1n) is 8.60. The maximum atomic E-state index is 11.9. The van der Waals surface area contributed by atoms with Crippen LogP contribution >= 0.6 is 0 Å². The molecule has 0 aromatic carbocycles. The van der Waals surface area contributed by atoms with Crippen LogP contribution in [0.25, 0.3) is 0 Å². The Morgan fingerprint density at radius 3 is 2.74 bits per heavy atom. The minimum absolute atomic E-state index is 0.0535. The van der Waals surface area contributed by atoms with Crippen LogP contribution in [0.15, 0.2) is 48.1 Å². The highest BCUT2D eigenvalue weighted by Gasteiger charge is 2.23. The normalized spacial score (nSPS) is 19.6. The molecule has 1 rings (SSSR count). The van der Waals surface area contributed by atoms with Crippen LogP contribution < -0.4 is 0 Å². The summed E-state index contributed by atoms with van der Waals surface area (Å²) in [6.07, 6.45) is 20.7. The smallest absolute Gasteiger partial charge is 0.303 e. The van der Waals surface area contributed by atoms with Crippen LogP contribution in [-0.4, -0.2) is 16.9 Å². The maximum absolute atomic E-state index is 11.9. The summed E-state index contributed by atoms with van der Waals surface area (Å²) < 4.78 is 0. The molecule has 0 aromatic heterocycles. The van der Waals surface area contributed by atoms with Crippen molar-refractivity contribution in [3.8, 4) is 0 Å². The van der Waals surface area contributed by atoms with E-state index in [0.717, 1.165) is 31.3 Å². The summed E-state index contributed by atoms with van der Waals surface area (Å²) in [5.41, 5.74) is 1.12. The van der Waals surface area contributed by atoms with Gasteiger partial charge >= 0.3 is 5.97 Å². The molecule has 1 unspecified atom stereocenters. The molecule has 126 valence electrons. The second-order valence-corrected chi connectivity index (χ2v) is 5.87. The number of carbonyl (C=O) groups is 2. The summed E-state index contributed by atoms with van der Waals surface area (Å²) in [4.78, 5) is 22.2. The van der Waals surface area contributed by atoms with Crippen LogP contribution in [0.5, 0.6) is 0 Å². The maximum Gasteiger partial charge on any atom is 0.303 e. The molecule has 0 aliphatic heterocycles. The van der Waals surface area contributed by atoms with Crippen LogP contribution in [0.3, 0.4) is 0 Å². The lowest BCUT2D eigenvalue weighted by Crippen LogP contribution is -2.08. The van der Waals surface area contributed by atoms with E-state index in [0.29, 0.717) is 6.42 Å². The molecule has 0 amide bonds. The van der Waals surface area contributed by atoms with E-state index < -0.39 is 5.97 Å². The molecule has 0 bridgehead atoms. The molecule has 1 aliphatic carbocycles. The summed E-state index contributed by atoms with van der Waals surface area (Å²) in [6, 6.07) is 0. The van der Waals surface area contributed by atoms with E-state index in [1.165, 1.54) is 12.8 Å². The van der Waals surface area contributed by atoms with Gasteiger partial charge in [0.2, 0.25) is 0 Å². The number of rotatable bonds is 11. The third-order valence-corrected chi connectivity index (χ3v) is 3.91. The largest absolute Gasteiger partial charge is 0.481 e. The minimum Gasteiger partial charge on any atom is -0.481 e. The number of hydrogen-bond donors (Lipinski definition) is 1. The number of carbonyl (C=O) groups excluding carboxylic acids is 1. The molecule has 0 aromatic rings. The van der Waals surface area contributed by atoms with Gasteiger partial charge in [-0.1, -0.05) is 62.6 Å².